The monoisotopic (exact) mass is 152 g/mol. The molecule has 1 radical (unpaired) electrons. The van der Waals surface area contributed by atoms with Gasteiger partial charge in [-0.2, -0.15) is 0 Å². The highest BCUT2D eigenvalue weighted by molar-refractivity contribution is 5.97. The van der Waals surface area contributed by atoms with E-state index in [2.05, 4.69) is 48.6 Å². The van der Waals surface area contributed by atoms with Gasteiger partial charge in [-0.25, -0.2) is 0 Å². The smallest absolute Gasteiger partial charge is 0.0610 e. The van der Waals surface area contributed by atoms with Gasteiger partial charge in [-0.15, -0.1) is 0 Å². The van der Waals surface area contributed by atoms with Crippen LogP contribution in [0, 0.1) is 6.08 Å². The molecule has 0 unspecified atom stereocenters. The van der Waals surface area contributed by atoms with Crippen molar-refractivity contribution in [2.45, 2.75) is 0 Å². The van der Waals surface area contributed by atoms with Gasteiger partial charge in [0, 0.05) is 0 Å². The molecule has 0 atom stereocenters. The van der Waals surface area contributed by atoms with Crippen LogP contribution in [0.5, 0.6) is 0 Å². The van der Waals surface area contributed by atoms with E-state index in [0.717, 1.165) is 0 Å². The summed E-state index contributed by atoms with van der Waals surface area (Å²) in [5.74, 6) is 0. The maximum Gasteiger partial charge on any atom is 1.00 e. The SMILES string of the molecule is [C]1=Cc2cccc3cccc1c23.[H+]. The Morgan fingerprint density at radius 3 is 2.75 bits per heavy atom. The Bertz CT molecular complexity index is 443. The van der Waals surface area contributed by atoms with E-state index < -0.39 is 0 Å². The lowest BCUT2D eigenvalue weighted by Gasteiger charge is -1.99. The zero-order valence-electron chi connectivity index (χ0n) is 7.54. The van der Waals surface area contributed by atoms with Gasteiger partial charge in [0.05, 0.1) is 0 Å². The molecule has 0 heterocycles. The minimum absolute atomic E-state index is 0. The summed E-state index contributed by atoms with van der Waals surface area (Å²) in [6, 6.07) is 12.7. The number of hydrogen-bond donors (Lipinski definition) is 0. The van der Waals surface area contributed by atoms with Crippen LogP contribution in [-0.4, -0.2) is 0 Å². The van der Waals surface area contributed by atoms with E-state index in [1.807, 2.05) is 0 Å². The first-order valence-corrected chi connectivity index (χ1v) is 4.07. The molecule has 12 heavy (non-hydrogen) atoms. The van der Waals surface area contributed by atoms with Crippen LogP contribution in [0.1, 0.15) is 12.6 Å². The van der Waals surface area contributed by atoms with E-state index in [1.165, 1.54) is 21.9 Å². The summed E-state index contributed by atoms with van der Waals surface area (Å²) in [6.45, 7) is 0. The maximum atomic E-state index is 3.25. The second-order valence-electron chi connectivity index (χ2n) is 3.04. The van der Waals surface area contributed by atoms with E-state index in [-0.39, 0.29) is 1.43 Å². The van der Waals surface area contributed by atoms with E-state index in [4.69, 9.17) is 0 Å². The van der Waals surface area contributed by atoms with Crippen molar-refractivity contribution < 1.29 is 1.43 Å². The van der Waals surface area contributed by atoms with Crippen molar-refractivity contribution >= 4 is 16.8 Å². The predicted octanol–water partition coefficient (Wildman–Crippen LogP) is 3.13. The van der Waals surface area contributed by atoms with Gasteiger partial charge in [-0.1, -0.05) is 36.4 Å². The Morgan fingerprint density at radius 2 is 1.83 bits per heavy atom. The summed E-state index contributed by atoms with van der Waals surface area (Å²) in [5.41, 5.74) is 2.52. The lowest BCUT2D eigenvalue weighted by molar-refractivity contribution is 1.69. The molecular formula is C12H8+. The Hall–Kier alpha value is -1.56. The molecule has 0 nitrogen and oxygen atoms in total. The molecule has 0 spiro atoms. The van der Waals surface area contributed by atoms with Crippen molar-refractivity contribution in [1.82, 2.24) is 0 Å². The molecule has 0 saturated carbocycles. The van der Waals surface area contributed by atoms with Crippen LogP contribution in [0.3, 0.4) is 0 Å². The van der Waals surface area contributed by atoms with Crippen molar-refractivity contribution in [2.75, 3.05) is 0 Å². The summed E-state index contributed by atoms with van der Waals surface area (Å²) in [7, 11) is 0. The average Bonchev–Trinajstić information content (AvgIpc) is 2.52. The number of benzene rings is 2. The zero-order valence-corrected chi connectivity index (χ0v) is 6.54. The molecule has 2 aromatic carbocycles. The molecule has 0 heteroatoms. The highest BCUT2D eigenvalue weighted by Crippen LogP contribution is 2.28. The van der Waals surface area contributed by atoms with E-state index >= 15 is 0 Å². The van der Waals surface area contributed by atoms with Crippen LogP contribution in [0.15, 0.2) is 36.4 Å². The molecule has 1 aliphatic carbocycles. The lowest BCUT2D eigenvalue weighted by Crippen LogP contribution is -1.76. The molecule has 0 N–H and O–H groups in total. The Morgan fingerprint density at radius 1 is 1.00 bits per heavy atom. The summed E-state index contributed by atoms with van der Waals surface area (Å²) in [6.07, 6.45) is 5.30. The highest BCUT2D eigenvalue weighted by atomic mass is 14.1. The fraction of sp³-hybridized carbons (Fsp3) is 0. The van der Waals surface area contributed by atoms with E-state index in [9.17, 15) is 0 Å². The van der Waals surface area contributed by atoms with Crippen LogP contribution in [0.25, 0.3) is 16.8 Å². The van der Waals surface area contributed by atoms with Crippen molar-refractivity contribution in [3.8, 4) is 0 Å². The fourth-order valence-corrected chi connectivity index (χ4v) is 1.77. The molecule has 0 bridgehead atoms. The average molecular weight is 152 g/mol. The van der Waals surface area contributed by atoms with Gasteiger partial charge >= 0.3 is 1.43 Å². The van der Waals surface area contributed by atoms with Crippen LogP contribution < -0.4 is 0 Å². The number of rotatable bonds is 0. The predicted molar refractivity (Wildman–Crippen MR) is 51.9 cm³/mol. The standard InChI is InChI=1S/C12H7/c1-3-9-4-2-6-11-8-7-10(5-1)12(9)11/h1-7H/p+1. The van der Waals surface area contributed by atoms with Gasteiger partial charge in [0.15, 0.2) is 0 Å². The first-order valence-electron chi connectivity index (χ1n) is 4.07. The van der Waals surface area contributed by atoms with Crippen LogP contribution in [0.2, 0.25) is 0 Å². The van der Waals surface area contributed by atoms with Gasteiger partial charge in [-0.05, 0) is 34.1 Å². The normalized spacial score (nSPS) is 12.7. The molecule has 0 aromatic heterocycles. The van der Waals surface area contributed by atoms with E-state index in [1.54, 1.807) is 0 Å². The number of hydrogen-bond acceptors (Lipinski definition) is 0. The van der Waals surface area contributed by atoms with Crippen molar-refractivity contribution in [1.29, 1.82) is 0 Å². The van der Waals surface area contributed by atoms with Gasteiger partial charge in [-0.3, -0.25) is 0 Å². The minimum atomic E-state index is 0. The van der Waals surface area contributed by atoms with Gasteiger partial charge in [0.1, 0.15) is 0 Å². The summed E-state index contributed by atoms with van der Waals surface area (Å²) < 4.78 is 0. The Kier molecular flexibility index (Phi) is 0.991. The second-order valence-corrected chi connectivity index (χ2v) is 3.04. The summed E-state index contributed by atoms with van der Waals surface area (Å²) in [5, 5.41) is 2.66. The summed E-state index contributed by atoms with van der Waals surface area (Å²) in [4.78, 5) is 0. The highest BCUT2D eigenvalue weighted by Gasteiger charge is 2.06. The Balaban J connectivity index is 0.000000653. The molecule has 0 fully saturated rings. The Labute approximate surface area is 72.6 Å². The third-order valence-electron chi connectivity index (χ3n) is 2.32. The van der Waals surface area contributed by atoms with Gasteiger partial charge < -0.3 is 0 Å². The van der Waals surface area contributed by atoms with Crippen molar-refractivity contribution in [3.05, 3.63) is 53.6 Å². The first-order chi connectivity index (χ1) is 5.95. The minimum Gasteiger partial charge on any atom is -0.0610 e. The third-order valence-corrected chi connectivity index (χ3v) is 2.32. The van der Waals surface area contributed by atoms with Crippen LogP contribution in [0.4, 0.5) is 0 Å². The largest absolute Gasteiger partial charge is 1.00 e. The molecule has 3 rings (SSSR count). The molecule has 0 saturated heterocycles. The zero-order chi connectivity index (χ0) is 7.97. The second kappa shape index (κ2) is 1.98. The molecule has 2 aromatic rings. The van der Waals surface area contributed by atoms with Gasteiger partial charge in [0.2, 0.25) is 0 Å². The third kappa shape index (κ3) is 0.620. The fourth-order valence-electron chi connectivity index (χ4n) is 1.77. The lowest BCUT2D eigenvalue weighted by atomic mass is 10.0. The summed E-state index contributed by atoms with van der Waals surface area (Å²) >= 11 is 0. The topological polar surface area (TPSA) is 0 Å². The quantitative estimate of drug-likeness (QED) is 0.464. The van der Waals surface area contributed by atoms with Crippen molar-refractivity contribution in [3.63, 3.8) is 0 Å². The molecule has 0 aliphatic heterocycles. The first kappa shape index (κ1) is 6.01. The molecule has 1 aliphatic rings. The van der Waals surface area contributed by atoms with Crippen molar-refractivity contribution in [2.24, 2.45) is 0 Å². The molecular weight excluding hydrogens is 144 g/mol. The van der Waals surface area contributed by atoms with Crippen LogP contribution >= 0.6 is 0 Å². The maximum absolute atomic E-state index is 3.25. The van der Waals surface area contributed by atoms with E-state index in [0.29, 0.717) is 0 Å². The van der Waals surface area contributed by atoms with Gasteiger partial charge in [0.25, 0.3) is 0 Å². The molecule has 0 amide bonds. The van der Waals surface area contributed by atoms with Crippen LogP contribution in [-0.2, 0) is 0 Å². The molecule has 55 valence electrons.